The van der Waals surface area contributed by atoms with Gasteiger partial charge in [0.15, 0.2) is 0 Å². The summed E-state index contributed by atoms with van der Waals surface area (Å²) in [6.45, 7) is 2.75. The van der Waals surface area contributed by atoms with Gasteiger partial charge in [-0.2, -0.15) is 0 Å². The van der Waals surface area contributed by atoms with Gasteiger partial charge in [0.2, 0.25) is 11.8 Å². The van der Waals surface area contributed by atoms with Gasteiger partial charge in [0.25, 0.3) is 11.8 Å². The second kappa shape index (κ2) is 15.5. The molecule has 0 bridgehead atoms. The Hall–Kier alpha value is -4.65. The van der Waals surface area contributed by atoms with E-state index >= 15 is 0 Å². The maximum absolute atomic E-state index is 12.4. The van der Waals surface area contributed by atoms with E-state index in [4.69, 9.17) is 10.5 Å². The molecule has 0 aliphatic carbocycles. The summed E-state index contributed by atoms with van der Waals surface area (Å²) >= 11 is 4.22. The van der Waals surface area contributed by atoms with Gasteiger partial charge in [-0.3, -0.25) is 33.8 Å². The number of hydrogen-bond donors (Lipinski definition) is 5. The maximum atomic E-state index is 12.4. The number of ether oxygens (including phenoxy) is 1. The molecule has 6 rings (SSSR count). The Morgan fingerprint density at radius 3 is 2.08 bits per heavy atom. The smallest absolute Gasteiger partial charge is 0.352 e. The van der Waals surface area contributed by atoms with Gasteiger partial charge in [-0.25, -0.2) is 9.59 Å². The molecular weight excluding hydrogens is 711 g/mol. The highest BCUT2D eigenvalue weighted by Gasteiger charge is 2.55. The average molecular weight is 744 g/mol. The van der Waals surface area contributed by atoms with Crippen LogP contribution in [0.25, 0.3) is 0 Å². The topological polar surface area (TPSA) is 226 Å². The third kappa shape index (κ3) is 7.57. The normalized spacial score (nSPS) is 22.9. The van der Waals surface area contributed by atoms with Crippen molar-refractivity contribution in [3.63, 3.8) is 0 Å². The molecule has 15 nitrogen and oxygen atoms in total. The molecule has 1 aromatic carbocycles. The zero-order valence-corrected chi connectivity index (χ0v) is 29.1. The van der Waals surface area contributed by atoms with Crippen LogP contribution in [0.1, 0.15) is 30.3 Å². The third-order valence-corrected chi connectivity index (χ3v) is 11.7. The Labute approximate surface area is 298 Å². The van der Waals surface area contributed by atoms with Crippen LogP contribution in [0.2, 0.25) is 0 Å². The van der Waals surface area contributed by atoms with E-state index in [0.29, 0.717) is 28.2 Å². The third-order valence-electron chi connectivity index (χ3n) is 8.03. The second-order valence-electron chi connectivity index (χ2n) is 11.5. The van der Waals surface area contributed by atoms with Crippen molar-refractivity contribution in [3.8, 4) is 0 Å². The largest absolute Gasteiger partial charge is 0.477 e. The summed E-state index contributed by atoms with van der Waals surface area (Å²) in [4.78, 5) is 86.4. The Balaban J connectivity index is 0.000000195. The van der Waals surface area contributed by atoms with E-state index in [9.17, 15) is 43.8 Å². The van der Waals surface area contributed by atoms with Crippen LogP contribution in [0.4, 0.5) is 0 Å². The van der Waals surface area contributed by atoms with E-state index in [0.717, 1.165) is 9.78 Å². The zero-order chi connectivity index (χ0) is 36.3. The van der Waals surface area contributed by atoms with Gasteiger partial charge in [-0.05, 0) is 29.5 Å². The van der Waals surface area contributed by atoms with E-state index in [1.165, 1.54) is 46.7 Å². The number of nitrogens with two attached hydrogens (primary N) is 1. The number of rotatable bonds is 10. The number of nitrogens with one attached hydrogen (secondary N) is 2. The molecule has 0 saturated carbocycles. The van der Waals surface area contributed by atoms with Crippen molar-refractivity contribution < 1.29 is 48.5 Å². The molecule has 4 aliphatic heterocycles. The predicted octanol–water partition coefficient (Wildman–Crippen LogP) is 1.04. The minimum Gasteiger partial charge on any atom is -0.477 e. The van der Waals surface area contributed by atoms with Crippen molar-refractivity contribution in [1.82, 2.24) is 20.4 Å². The summed E-state index contributed by atoms with van der Waals surface area (Å²) in [5.74, 6) is -3.72. The summed E-state index contributed by atoms with van der Waals surface area (Å²) in [6.07, 6.45) is 0.179. The number of hydrogen-bond acceptors (Lipinski definition) is 12. The molecule has 1 aromatic heterocycles. The quantitative estimate of drug-likeness (QED) is 0.170. The number of carbonyl (C=O) groups excluding carboxylic acids is 5. The molecule has 2 aromatic rings. The molecule has 2 fully saturated rings. The highest BCUT2D eigenvalue weighted by atomic mass is 32.2. The molecular formula is C32H33N5O10S3. The number of carbonyl (C=O) groups is 7. The predicted molar refractivity (Wildman–Crippen MR) is 183 cm³/mol. The highest BCUT2D eigenvalue weighted by molar-refractivity contribution is 8.00. The van der Waals surface area contributed by atoms with E-state index in [-0.39, 0.29) is 30.3 Å². The van der Waals surface area contributed by atoms with Gasteiger partial charge >= 0.3 is 17.9 Å². The Morgan fingerprint density at radius 1 is 0.900 bits per heavy atom. The fourth-order valence-corrected chi connectivity index (χ4v) is 8.93. The van der Waals surface area contributed by atoms with Crippen molar-refractivity contribution in [2.75, 3.05) is 18.1 Å². The van der Waals surface area contributed by atoms with E-state index in [1.807, 2.05) is 23.6 Å². The van der Waals surface area contributed by atoms with Crippen LogP contribution in [0, 0.1) is 0 Å². The lowest BCUT2D eigenvalue weighted by atomic mass is 10.0. The number of carboxylic acids is 2. The number of nitrogens with zero attached hydrogens (tertiary/aromatic N) is 2. The summed E-state index contributed by atoms with van der Waals surface area (Å²) < 4.78 is 4.87. The van der Waals surface area contributed by atoms with Crippen molar-refractivity contribution in [1.29, 1.82) is 0 Å². The zero-order valence-electron chi connectivity index (χ0n) is 26.7. The fraction of sp³-hybridized carbons (Fsp3) is 0.344. The van der Waals surface area contributed by atoms with Crippen LogP contribution in [-0.4, -0.2) is 102 Å². The fourth-order valence-electron chi connectivity index (χ4n) is 5.61. The molecule has 5 heterocycles. The summed E-state index contributed by atoms with van der Waals surface area (Å²) in [7, 11) is 0. The molecule has 4 amide bonds. The number of benzene rings is 1. The molecule has 0 unspecified atom stereocenters. The number of carboxylic acid groups (broad SMARTS) is 2. The van der Waals surface area contributed by atoms with Gasteiger partial charge in [0.1, 0.15) is 46.9 Å². The van der Waals surface area contributed by atoms with Crippen molar-refractivity contribution in [2.45, 2.75) is 49.1 Å². The number of aliphatic carboxylic acids is 2. The molecule has 4 aliphatic rings. The lowest BCUT2D eigenvalue weighted by Gasteiger charge is -2.49. The Morgan fingerprint density at radius 2 is 1.50 bits per heavy atom. The summed E-state index contributed by atoms with van der Waals surface area (Å²) in [5, 5.41) is 25.1. The van der Waals surface area contributed by atoms with Crippen LogP contribution in [0.5, 0.6) is 0 Å². The van der Waals surface area contributed by atoms with Crippen LogP contribution in [0.15, 0.2) is 70.4 Å². The first-order valence-electron chi connectivity index (χ1n) is 15.1. The Kier molecular flexibility index (Phi) is 11.3. The van der Waals surface area contributed by atoms with E-state index in [1.54, 1.807) is 31.2 Å². The highest BCUT2D eigenvalue weighted by Crippen LogP contribution is 2.41. The lowest BCUT2D eigenvalue weighted by Crippen LogP contribution is -2.71. The summed E-state index contributed by atoms with van der Waals surface area (Å²) in [5.41, 5.74) is 7.44. The van der Waals surface area contributed by atoms with Gasteiger partial charge < -0.3 is 31.3 Å². The van der Waals surface area contributed by atoms with Gasteiger partial charge in [0, 0.05) is 28.9 Å². The first kappa shape index (κ1) is 36.6. The van der Waals surface area contributed by atoms with Crippen LogP contribution >= 0.6 is 34.9 Å². The van der Waals surface area contributed by atoms with Crippen LogP contribution < -0.4 is 16.4 Å². The number of thioether (sulfide) groups is 2. The number of amides is 4. The first-order chi connectivity index (χ1) is 23.8. The van der Waals surface area contributed by atoms with E-state index in [2.05, 4.69) is 10.6 Å². The van der Waals surface area contributed by atoms with Gasteiger partial charge in [-0.1, -0.05) is 36.4 Å². The summed E-state index contributed by atoms with van der Waals surface area (Å²) in [6, 6.07) is 10.2. The Bertz CT molecular complexity index is 1780. The molecule has 18 heteroatoms. The average Bonchev–Trinajstić information content (AvgIpc) is 3.60. The molecule has 2 saturated heterocycles. The minimum atomic E-state index is -1.26. The number of β-lactam (4-membered cyclic amide) rings is 2. The van der Waals surface area contributed by atoms with Crippen molar-refractivity contribution >= 4 is 76.4 Å². The van der Waals surface area contributed by atoms with Crippen LogP contribution in [0.3, 0.4) is 0 Å². The minimum absolute atomic E-state index is 0.0154. The SMILES string of the molecule is CC(=O)OCC1=C(C(=O)O)N2C(=O)[C@@H](NC(=O)Cc3cccs3)[C@H]2SC1.CC1=C(C(=O)O)N2C(=O)[C@@H](NC(=O)[C@H](N)c3ccccc3)[C@H]2SC1. The molecule has 264 valence electrons. The number of esters is 1. The molecule has 0 spiro atoms. The van der Waals surface area contributed by atoms with Crippen molar-refractivity contribution in [2.24, 2.45) is 5.73 Å². The first-order valence-corrected chi connectivity index (χ1v) is 18.1. The van der Waals surface area contributed by atoms with E-state index < -0.39 is 64.5 Å². The standard InChI is InChI=1S/C16H17N3O4S.C16H16N2O6S2/c1-8-7-24-15-11(14(21)19(15)12(8)16(22)23)18-13(20)10(17)9-5-3-2-4-6-9;1-8(19)24-6-9-7-26-15-12(14(21)18(15)13(9)16(22)23)17-11(20)5-10-3-2-4-25-10/h2-6,10-11,15H,7,17H2,1H3,(H,18,20)(H,22,23);2-4,12,15H,5-7H2,1H3,(H,17,20)(H,22,23)/t10-,11-,15-;12-,15-/m11/s1. The lowest BCUT2D eigenvalue weighted by molar-refractivity contribution is -0.151. The molecule has 0 radical (unpaired) electrons. The molecule has 5 atom stereocenters. The van der Waals surface area contributed by atoms with Gasteiger partial charge in [-0.15, -0.1) is 34.9 Å². The second-order valence-corrected chi connectivity index (χ2v) is 14.7. The molecule has 50 heavy (non-hydrogen) atoms. The molecule has 6 N–H and O–H groups in total. The van der Waals surface area contributed by atoms with Gasteiger partial charge in [0.05, 0.1) is 6.42 Å². The van der Waals surface area contributed by atoms with Crippen molar-refractivity contribution in [3.05, 3.63) is 80.8 Å². The number of thiophene rings is 1. The maximum Gasteiger partial charge on any atom is 0.352 e. The van der Waals surface area contributed by atoms with Crippen LogP contribution in [-0.2, 0) is 44.7 Å². The number of fused-ring (bicyclic) bond motifs is 2. The monoisotopic (exact) mass is 743 g/mol.